The largest absolute Gasteiger partial charge is 0.336 e. The van der Waals surface area contributed by atoms with Crippen molar-refractivity contribution in [1.29, 1.82) is 0 Å². The standard InChI is InChI=1S/C30H29ClN4O2/c1-21-28(22(2)35(32-21)25-8-4-3-5-9-25)20-33-16-18-34(19-17-33)30(37)27-11-7-6-10-26(27)29(36)23-12-14-24(31)15-13-23/h3-15H,16-20H2,1-2H3. The second-order valence-electron chi connectivity index (χ2n) is 9.35. The Morgan fingerprint density at radius 2 is 1.43 bits per heavy atom. The Balaban J connectivity index is 1.27. The minimum atomic E-state index is -0.180. The van der Waals surface area contributed by atoms with Crippen molar-refractivity contribution in [3.05, 3.63) is 118 Å². The van der Waals surface area contributed by atoms with Crippen LogP contribution in [0.4, 0.5) is 0 Å². The quantitative estimate of drug-likeness (QED) is 0.328. The van der Waals surface area contributed by atoms with Gasteiger partial charge in [-0.05, 0) is 56.3 Å². The molecule has 0 bridgehead atoms. The highest BCUT2D eigenvalue weighted by molar-refractivity contribution is 6.30. The van der Waals surface area contributed by atoms with Crippen LogP contribution in [-0.4, -0.2) is 57.4 Å². The number of carbonyl (C=O) groups excluding carboxylic acids is 2. The van der Waals surface area contributed by atoms with Gasteiger partial charge in [0.2, 0.25) is 0 Å². The number of hydrogen-bond donors (Lipinski definition) is 0. The van der Waals surface area contributed by atoms with Gasteiger partial charge in [-0.1, -0.05) is 48.0 Å². The smallest absolute Gasteiger partial charge is 0.254 e. The van der Waals surface area contributed by atoms with E-state index in [0.717, 1.165) is 36.7 Å². The van der Waals surface area contributed by atoms with Gasteiger partial charge in [0.25, 0.3) is 5.91 Å². The Kier molecular flexibility index (Phi) is 7.22. The van der Waals surface area contributed by atoms with Gasteiger partial charge in [0.1, 0.15) is 0 Å². The molecule has 1 saturated heterocycles. The molecule has 37 heavy (non-hydrogen) atoms. The summed E-state index contributed by atoms with van der Waals surface area (Å²) in [6.07, 6.45) is 0. The van der Waals surface area contributed by atoms with Crippen LogP contribution < -0.4 is 0 Å². The molecule has 1 aliphatic rings. The summed E-state index contributed by atoms with van der Waals surface area (Å²) < 4.78 is 2.00. The van der Waals surface area contributed by atoms with E-state index >= 15 is 0 Å². The lowest BCUT2D eigenvalue weighted by Gasteiger charge is -2.35. The number of para-hydroxylation sites is 1. The highest BCUT2D eigenvalue weighted by Crippen LogP contribution is 2.22. The first-order valence-corrected chi connectivity index (χ1v) is 12.8. The Bertz CT molecular complexity index is 1420. The lowest BCUT2D eigenvalue weighted by atomic mass is 9.97. The van der Waals surface area contributed by atoms with E-state index in [9.17, 15) is 9.59 Å². The third-order valence-corrected chi connectivity index (χ3v) is 7.24. The Morgan fingerprint density at radius 3 is 2.11 bits per heavy atom. The van der Waals surface area contributed by atoms with Crippen molar-refractivity contribution < 1.29 is 9.59 Å². The summed E-state index contributed by atoms with van der Waals surface area (Å²) in [4.78, 5) is 30.8. The first kappa shape index (κ1) is 24.9. The molecule has 5 rings (SSSR count). The average Bonchev–Trinajstić information content (AvgIpc) is 3.22. The molecular weight excluding hydrogens is 484 g/mol. The van der Waals surface area contributed by atoms with Crippen molar-refractivity contribution >= 4 is 23.3 Å². The van der Waals surface area contributed by atoms with Crippen molar-refractivity contribution in [2.45, 2.75) is 20.4 Å². The van der Waals surface area contributed by atoms with Gasteiger partial charge < -0.3 is 4.90 Å². The van der Waals surface area contributed by atoms with Crippen LogP contribution in [0.3, 0.4) is 0 Å². The van der Waals surface area contributed by atoms with E-state index in [2.05, 4.69) is 30.9 Å². The molecule has 1 fully saturated rings. The van der Waals surface area contributed by atoms with E-state index in [4.69, 9.17) is 16.7 Å². The van der Waals surface area contributed by atoms with E-state index < -0.39 is 0 Å². The van der Waals surface area contributed by atoms with Gasteiger partial charge in [0, 0.05) is 60.1 Å². The normalized spacial score (nSPS) is 14.1. The lowest BCUT2D eigenvalue weighted by Crippen LogP contribution is -2.48. The third-order valence-electron chi connectivity index (χ3n) is 6.99. The van der Waals surface area contributed by atoms with Crippen LogP contribution in [0.1, 0.15) is 43.2 Å². The Labute approximate surface area is 222 Å². The van der Waals surface area contributed by atoms with Gasteiger partial charge in [-0.3, -0.25) is 14.5 Å². The first-order valence-electron chi connectivity index (χ1n) is 12.4. The number of hydrogen-bond acceptors (Lipinski definition) is 4. The summed E-state index contributed by atoms with van der Waals surface area (Å²) in [5.41, 5.74) is 5.80. The van der Waals surface area contributed by atoms with E-state index in [1.54, 1.807) is 48.5 Å². The summed E-state index contributed by atoms with van der Waals surface area (Å²) in [7, 11) is 0. The second kappa shape index (κ2) is 10.7. The molecule has 0 unspecified atom stereocenters. The Hall–Kier alpha value is -3.74. The molecule has 1 amide bonds. The monoisotopic (exact) mass is 512 g/mol. The van der Waals surface area contributed by atoms with E-state index in [0.29, 0.717) is 34.8 Å². The molecule has 188 valence electrons. The number of halogens is 1. The minimum Gasteiger partial charge on any atom is -0.336 e. The average molecular weight is 513 g/mol. The van der Waals surface area contributed by atoms with Crippen molar-refractivity contribution in [2.24, 2.45) is 0 Å². The number of ketones is 1. The maximum atomic E-state index is 13.5. The molecule has 2 heterocycles. The van der Waals surface area contributed by atoms with Crippen LogP contribution in [0.5, 0.6) is 0 Å². The summed E-state index contributed by atoms with van der Waals surface area (Å²) in [6, 6.07) is 24.0. The number of aryl methyl sites for hydroxylation is 1. The zero-order valence-corrected chi connectivity index (χ0v) is 21.8. The number of amides is 1. The maximum absolute atomic E-state index is 13.5. The molecule has 1 aliphatic heterocycles. The molecule has 0 aliphatic carbocycles. The molecule has 0 saturated carbocycles. The van der Waals surface area contributed by atoms with E-state index in [1.165, 1.54) is 5.56 Å². The summed E-state index contributed by atoms with van der Waals surface area (Å²) >= 11 is 5.97. The zero-order valence-electron chi connectivity index (χ0n) is 21.0. The fraction of sp³-hybridized carbons (Fsp3) is 0.233. The number of carbonyl (C=O) groups is 2. The third kappa shape index (κ3) is 5.22. The number of benzene rings is 3. The van der Waals surface area contributed by atoms with Crippen LogP contribution in [0, 0.1) is 13.8 Å². The van der Waals surface area contributed by atoms with Crippen LogP contribution in [0.15, 0.2) is 78.9 Å². The predicted molar refractivity (Wildman–Crippen MR) is 146 cm³/mol. The highest BCUT2D eigenvalue weighted by Gasteiger charge is 2.27. The van der Waals surface area contributed by atoms with E-state index in [-0.39, 0.29) is 11.7 Å². The molecule has 3 aromatic carbocycles. The van der Waals surface area contributed by atoms with Gasteiger partial charge >= 0.3 is 0 Å². The van der Waals surface area contributed by atoms with Crippen molar-refractivity contribution in [1.82, 2.24) is 19.6 Å². The van der Waals surface area contributed by atoms with Crippen LogP contribution in [0.25, 0.3) is 5.69 Å². The molecular formula is C30H29ClN4O2. The molecule has 0 spiro atoms. The van der Waals surface area contributed by atoms with E-state index in [1.807, 2.05) is 27.8 Å². The highest BCUT2D eigenvalue weighted by atomic mass is 35.5. The molecule has 7 heteroatoms. The molecule has 0 atom stereocenters. The van der Waals surface area contributed by atoms with Crippen molar-refractivity contribution in [3.8, 4) is 5.69 Å². The molecule has 4 aromatic rings. The lowest BCUT2D eigenvalue weighted by molar-refractivity contribution is 0.0625. The predicted octanol–water partition coefficient (Wildman–Crippen LogP) is 5.33. The summed E-state index contributed by atoms with van der Waals surface area (Å²) in [6.45, 7) is 7.67. The van der Waals surface area contributed by atoms with Crippen LogP contribution in [-0.2, 0) is 6.54 Å². The molecule has 0 N–H and O–H groups in total. The number of nitrogens with zero attached hydrogens (tertiary/aromatic N) is 4. The van der Waals surface area contributed by atoms with Crippen LogP contribution in [0.2, 0.25) is 5.02 Å². The molecule has 6 nitrogen and oxygen atoms in total. The summed E-state index contributed by atoms with van der Waals surface area (Å²) in [5.74, 6) is -0.289. The van der Waals surface area contributed by atoms with Gasteiger partial charge in [-0.25, -0.2) is 4.68 Å². The van der Waals surface area contributed by atoms with Crippen LogP contribution >= 0.6 is 11.6 Å². The zero-order chi connectivity index (χ0) is 25.9. The van der Waals surface area contributed by atoms with Gasteiger partial charge in [-0.2, -0.15) is 5.10 Å². The maximum Gasteiger partial charge on any atom is 0.254 e. The number of piperazine rings is 1. The topological polar surface area (TPSA) is 58.4 Å². The molecule has 1 aromatic heterocycles. The second-order valence-corrected chi connectivity index (χ2v) is 9.78. The first-order chi connectivity index (χ1) is 17.9. The van der Waals surface area contributed by atoms with Gasteiger partial charge in [0.15, 0.2) is 5.78 Å². The SMILES string of the molecule is Cc1nn(-c2ccccc2)c(C)c1CN1CCN(C(=O)c2ccccc2C(=O)c2ccc(Cl)cc2)CC1. The number of rotatable bonds is 6. The Morgan fingerprint density at radius 1 is 0.811 bits per heavy atom. The van der Waals surface area contributed by atoms with Crippen molar-refractivity contribution in [3.63, 3.8) is 0 Å². The van der Waals surface area contributed by atoms with Gasteiger partial charge in [0.05, 0.1) is 16.9 Å². The molecule has 0 radical (unpaired) electrons. The minimum absolute atomic E-state index is 0.109. The fourth-order valence-corrected chi connectivity index (χ4v) is 4.98. The fourth-order valence-electron chi connectivity index (χ4n) is 4.85. The van der Waals surface area contributed by atoms with Gasteiger partial charge in [-0.15, -0.1) is 0 Å². The summed E-state index contributed by atoms with van der Waals surface area (Å²) in [5, 5.41) is 5.34. The van der Waals surface area contributed by atoms with Crippen molar-refractivity contribution in [2.75, 3.05) is 26.2 Å². The number of aromatic nitrogens is 2.